The molecule has 1 saturated heterocycles. The van der Waals surface area contributed by atoms with E-state index in [0.717, 1.165) is 19.6 Å². The fourth-order valence-electron chi connectivity index (χ4n) is 2.57. The van der Waals surface area contributed by atoms with E-state index < -0.39 is 0 Å². The molecule has 0 aliphatic carbocycles. The number of nitrogen functional groups attached to an aromatic ring is 1. The van der Waals surface area contributed by atoms with Crippen molar-refractivity contribution in [3.63, 3.8) is 0 Å². The average Bonchev–Trinajstić information content (AvgIpc) is 2.39. The van der Waals surface area contributed by atoms with Gasteiger partial charge < -0.3 is 16.0 Å². The molecule has 1 heterocycles. The minimum absolute atomic E-state index is 0.0137. The standard InChI is InChI=1S/C15H22ClN3OS/c1-10-8-19(9-11(2)21-10)6-5-15(20)18-14-4-3-12(17)7-13(14)16/h3-4,7,10-11H,5-6,8-9,17H2,1-2H3,(H,18,20). The van der Waals surface area contributed by atoms with Gasteiger partial charge in [-0.05, 0) is 18.2 Å². The Bertz CT molecular complexity index is 502. The minimum atomic E-state index is -0.0137. The number of carbonyl (C=O) groups is 1. The molecule has 1 aliphatic rings. The van der Waals surface area contributed by atoms with Crippen LogP contribution in [0.3, 0.4) is 0 Å². The fraction of sp³-hybridized carbons (Fsp3) is 0.533. The predicted octanol–water partition coefficient (Wildman–Crippen LogP) is 3.08. The summed E-state index contributed by atoms with van der Waals surface area (Å²) in [6.45, 7) is 7.35. The lowest BCUT2D eigenvalue weighted by atomic mass is 10.2. The Kier molecular flexibility index (Phi) is 5.79. The number of hydrogen-bond acceptors (Lipinski definition) is 4. The van der Waals surface area contributed by atoms with Gasteiger partial charge in [0.15, 0.2) is 0 Å². The molecule has 0 saturated carbocycles. The molecule has 0 spiro atoms. The summed E-state index contributed by atoms with van der Waals surface area (Å²) in [6.07, 6.45) is 0.477. The Morgan fingerprint density at radius 3 is 2.71 bits per heavy atom. The van der Waals surface area contributed by atoms with Crippen LogP contribution in [0.4, 0.5) is 11.4 Å². The van der Waals surface area contributed by atoms with Gasteiger partial charge in [0, 0.05) is 42.2 Å². The largest absolute Gasteiger partial charge is 0.399 e. The average molecular weight is 328 g/mol. The highest BCUT2D eigenvalue weighted by Crippen LogP contribution is 2.25. The van der Waals surface area contributed by atoms with E-state index in [4.69, 9.17) is 17.3 Å². The van der Waals surface area contributed by atoms with Gasteiger partial charge in [-0.1, -0.05) is 25.4 Å². The second kappa shape index (κ2) is 7.38. The van der Waals surface area contributed by atoms with E-state index in [1.807, 2.05) is 11.8 Å². The number of thioether (sulfide) groups is 1. The predicted molar refractivity (Wildman–Crippen MR) is 92.1 cm³/mol. The van der Waals surface area contributed by atoms with Crippen LogP contribution in [-0.2, 0) is 4.79 Å². The molecule has 4 nitrogen and oxygen atoms in total. The molecular weight excluding hydrogens is 306 g/mol. The molecule has 0 radical (unpaired) electrons. The van der Waals surface area contributed by atoms with E-state index in [0.29, 0.717) is 33.3 Å². The van der Waals surface area contributed by atoms with Gasteiger partial charge in [-0.15, -0.1) is 0 Å². The van der Waals surface area contributed by atoms with Crippen molar-refractivity contribution < 1.29 is 4.79 Å². The van der Waals surface area contributed by atoms with Crippen molar-refractivity contribution in [1.29, 1.82) is 0 Å². The number of benzene rings is 1. The molecule has 1 amide bonds. The number of nitrogens with two attached hydrogens (primary N) is 1. The van der Waals surface area contributed by atoms with Crippen molar-refractivity contribution in [2.75, 3.05) is 30.7 Å². The highest BCUT2D eigenvalue weighted by molar-refractivity contribution is 8.00. The van der Waals surface area contributed by atoms with Crippen LogP contribution in [0.2, 0.25) is 5.02 Å². The number of carbonyl (C=O) groups excluding carboxylic acids is 1. The van der Waals surface area contributed by atoms with E-state index >= 15 is 0 Å². The molecule has 21 heavy (non-hydrogen) atoms. The highest BCUT2D eigenvalue weighted by atomic mass is 35.5. The molecule has 1 aliphatic heterocycles. The second-order valence-electron chi connectivity index (χ2n) is 5.55. The molecular formula is C15H22ClN3OS. The van der Waals surface area contributed by atoms with Crippen molar-refractivity contribution in [3.8, 4) is 0 Å². The van der Waals surface area contributed by atoms with Crippen LogP contribution in [0.15, 0.2) is 18.2 Å². The molecule has 1 fully saturated rings. The smallest absolute Gasteiger partial charge is 0.225 e. The number of nitrogens with zero attached hydrogens (tertiary/aromatic N) is 1. The van der Waals surface area contributed by atoms with Gasteiger partial charge >= 0.3 is 0 Å². The summed E-state index contributed by atoms with van der Waals surface area (Å²) < 4.78 is 0. The van der Waals surface area contributed by atoms with Gasteiger partial charge in [-0.3, -0.25) is 4.79 Å². The highest BCUT2D eigenvalue weighted by Gasteiger charge is 2.22. The number of halogens is 1. The molecule has 1 aromatic carbocycles. The van der Waals surface area contributed by atoms with Crippen LogP contribution in [0.5, 0.6) is 0 Å². The second-order valence-corrected chi connectivity index (χ2v) is 7.84. The Morgan fingerprint density at radius 1 is 1.43 bits per heavy atom. The van der Waals surface area contributed by atoms with Crippen LogP contribution in [0.25, 0.3) is 0 Å². The zero-order valence-corrected chi connectivity index (χ0v) is 14.0. The first kappa shape index (κ1) is 16.5. The lowest BCUT2D eigenvalue weighted by Gasteiger charge is -2.34. The number of rotatable bonds is 4. The third-order valence-corrected chi connectivity index (χ3v) is 4.96. The van der Waals surface area contributed by atoms with Crippen molar-refractivity contribution in [1.82, 2.24) is 4.90 Å². The Labute approximate surface area is 135 Å². The fourth-order valence-corrected chi connectivity index (χ4v) is 4.20. The molecule has 116 valence electrons. The van der Waals surface area contributed by atoms with Crippen LogP contribution >= 0.6 is 23.4 Å². The number of amides is 1. The molecule has 2 unspecified atom stereocenters. The minimum Gasteiger partial charge on any atom is -0.399 e. The van der Waals surface area contributed by atoms with Crippen LogP contribution in [0.1, 0.15) is 20.3 Å². The lowest BCUT2D eigenvalue weighted by molar-refractivity contribution is -0.116. The van der Waals surface area contributed by atoms with Crippen molar-refractivity contribution in [3.05, 3.63) is 23.2 Å². The number of nitrogens with one attached hydrogen (secondary N) is 1. The molecule has 0 bridgehead atoms. The summed E-state index contributed by atoms with van der Waals surface area (Å²) >= 11 is 8.07. The molecule has 0 aromatic heterocycles. The Balaban J connectivity index is 1.82. The van der Waals surface area contributed by atoms with Gasteiger partial charge in [0.2, 0.25) is 5.91 Å². The zero-order chi connectivity index (χ0) is 15.4. The molecule has 6 heteroatoms. The molecule has 2 atom stereocenters. The quantitative estimate of drug-likeness (QED) is 0.834. The maximum atomic E-state index is 12.0. The Morgan fingerprint density at radius 2 is 2.10 bits per heavy atom. The van der Waals surface area contributed by atoms with Gasteiger partial charge in [0.05, 0.1) is 10.7 Å². The van der Waals surface area contributed by atoms with Crippen molar-refractivity contribution in [2.24, 2.45) is 0 Å². The first-order valence-electron chi connectivity index (χ1n) is 7.16. The van der Waals surface area contributed by atoms with Crippen LogP contribution < -0.4 is 11.1 Å². The third-order valence-electron chi connectivity index (χ3n) is 3.42. The first-order chi connectivity index (χ1) is 9.94. The summed E-state index contributed by atoms with van der Waals surface area (Å²) in [4.78, 5) is 14.4. The molecule has 2 rings (SSSR count). The topological polar surface area (TPSA) is 58.4 Å². The lowest BCUT2D eigenvalue weighted by Crippen LogP contribution is -2.41. The summed E-state index contributed by atoms with van der Waals surface area (Å²) in [6, 6.07) is 5.10. The van der Waals surface area contributed by atoms with Crippen LogP contribution in [0, 0.1) is 0 Å². The van der Waals surface area contributed by atoms with Crippen molar-refractivity contribution in [2.45, 2.75) is 30.8 Å². The maximum absolute atomic E-state index is 12.0. The molecule has 1 aromatic rings. The summed E-state index contributed by atoms with van der Waals surface area (Å²) in [5, 5.41) is 4.57. The Hall–Kier alpha value is -0.910. The van der Waals surface area contributed by atoms with Gasteiger partial charge in [-0.2, -0.15) is 11.8 Å². The summed E-state index contributed by atoms with van der Waals surface area (Å²) in [5.74, 6) is -0.0137. The monoisotopic (exact) mass is 327 g/mol. The summed E-state index contributed by atoms with van der Waals surface area (Å²) in [7, 11) is 0. The zero-order valence-electron chi connectivity index (χ0n) is 12.4. The first-order valence-corrected chi connectivity index (χ1v) is 8.49. The van der Waals surface area contributed by atoms with Gasteiger partial charge in [0.1, 0.15) is 0 Å². The van der Waals surface area contributed by atoms with E-state index in [2.05, 4.69) is 24.1 Å². The van der Waals surface area contributed by atoms with Crippen LogP contribution in [-0.4, -0.2) is 40.9 Å². The summed E-state index contributed by atoms with van der Waals surface area (Å²) in [5.41, 5.74) is 6.84. The van der Waals surface area contributed by atoms with E-state index in [9.17, 15) is 4.79 Å². The van der Waals surface area contributed by atoms with E-state index in [1.54, 1.807) is 18.2 Å². The third kappa shape index (κ3) is 5.09. The SMILES string of the molecule is CC1CN(CCC(=O)Nc2ccc(N)cc2Cl)CC(C)S1. The number of hydrogen-bond donors (Lipinski definition) is 2. The van der Waals surface area contributed by atoms with Gasteiger partial charge in [-0.25, -0.2) is 0 Å². The normalized spacial score (nSPS) is 23.0. The number of anilines is 2. The van der Waals surface area contributed by atoms with E-state index in [1.165, 1.54) is 0 Å². The van der Waals surface area contributed by atoms with Crippen molar-refractivity contribution >= 4 is 40.6 Å². The van der Waals surface area contributed by atoms with Gasteiger partial charge in [0.25, 0.3) is 0 Å². The van der Waals surface area contributed by atoms with E-state index in [-0.39, 0.29) is 5.91 Å². The molecule has 3 N–H and O–H groups in total. The maximum Gasteiger partial charge on any atom is 0.225 e.